The Kier molecular flexibility index (Phi) is 6.54. The SMILES string of the molecule is CCOC1=CC=CC(O)([C@@H](CS(C)(=O)=O)N2C(=O)c3cccc(NC(=O)CO)c3C2=O)C1. The van der Waals surface area contributed by atoms with Crippen LogP contribution in [0.5, 0.6) is 0 Å². The summed E-state index contributed by atoms with van der Waals surface area (Å²) in [4.78, 5) is 38.9. The molecule has 11 heteroatoms. The number of ether oxygens (including phenoxy) is 1. The molecule has 172 valence electrons. The first kappa shape index (κ1) is 23.6. The molecule has 1 aliphatic heterocycles. The van der Waals surface area contributed by atoms with Crippen molar-refractivity contribution in [3.8, 4) is 0 Å². The fourth-order valence-corrected chi connectivity index (χ4v) is 4.85. The summed E-state index contributed by atoms with van der Waals surface area (Å²) in [5, 5.41) is 22.8. The molecule has 2 aliphatic rings. The van der Waals surface area contributed by atoms with E-state index in [2.05, 4.69) is 5.32 Å². The number of carbonyl (C=O) groups is 3. The van der Waals surface area contributed by atoms with Gasteiger partial charge in [-0.25, -0.2) is 8.42 Å². The topological polar surface area (TPSA) is 150 Å². The lowest BCUT2D eigenvalue weighted by molar-refractivity contribution is -0.118. The second-order valence-electron chi connectivity index (χ2n) is 7.62. The van der Waals surface area contributed by atoms with Gasteiger partial charge in [-0.2, -0.15) is 0 Å². The number of nitrogens with zero attached hydrogens (tertiary/aromatic N) is 1. The molecule has 1 aromatic carbocycles. The number of fused-ring (bicyclic) bond motifs is 1. The van der Waals surface area contributed by atoms with Crippen LogP contribution in [0.1, 0.15) is 34.1 Å². The lowest BCUT2D eigenvalue weighted by atomic mass is 9.86. The van der Waals surface area contributed by atoms with Crippen LogP contribution in [-0.4, -0.2) is 78.1 Å². The highest BCUT2D eigenvalue weighted by Crippen LogP contribution is 2.37. The number of hydrogen-bond donors (Lipinski definition) is 3. The molecule has 2 atom stereocenters. The third-order valence-electron chi connectivity index (χ3n) is 5.17. The summed E-state index contributed by atoms with van der Waals surface area (Å²) in [6, 6.07) is 2.75. The fourth-order valence-electron chi connectivity index (χ4n) is 3.84. The molecular weight excluding hydrogens is 440 g/mol. The molecule has 1 aliphatic carbocycles. The molecule has 0 bridgehead atoms. The number of imide groups is 1. The number of aliphatic hydroxyl groups is 2. The summed E-state index contributed by atoms with van der Waals surface area (Å²) < 4.78 is 29.9. The van der Waals surface area contributed by atoms with Gasteiger partial charge >= 0.3 is 0 Å². The highest BCUT2D eigenvalue weighted by molar-refractivity contribution is 7.90. The first-order valence-electron chi connectivity index (χ1n) is 9.83. The number of anilines is 1. The highest BCUT2D eigenvalue weighted by Gasteiger charge is 2.50. The summed E-state index contributed by atoms with van der Waals surface area (Å²) >= 11 is 0. The van der Waals surface area contributed by atoms with Gasteiger partial charge < -0.3 is 20.3 Å². The summed E-state index contributed by atoms with van der Waals surface area (Å²) in [6.45, 7) is 1.23. The molecule has 3 rings (SSSR count). The van der Waals surface area contributed by atoms with Crippen molar-refractivity contribution in [3.05, 3.63) is 53.3 Å². The number of allylic oxidation sites excluding steroid dienone is 2. The van der Waals surface area contributed by atoms with Crippen molar-refractivity contribution in [1.82, 2.24) is 4.90 Å². The van der Waals surface area contributed by atoms with Crippen molar-refractivity contribution in [3.63, 3.8) is 0 Å². The van der Waals surface area contributed by atoms with Crippen LogP contribution in [0.2, 0.25) is 0 Å². The van der Waals surface area contributed by atoms with Gasteiger partial charge in [-0.05, 0) is 25.1 Å². The molecule has 0 fully saturated rings. The molecule has 0 aromatic heterocycles. The minimum Gasteiger partial charge on any atom is -0.498 e. The number of nitrogens with one attached hydrogen (secondary N) is 1. The predicted molar refractivity (Wildman–Crippen MR) is 115 cm³/mol. The maximum atomic E-state index is 13.3. The van der Waals surface area contributed by atoms with Gasteiger partial charge in [0.2, 0.25) is 5.91 Å². The predicted octanol–water partition coefficient (Wildman–Crippen LogP) is 0.238. The maximum absolute atomic E-state index is 13.3. The summed E-state index contributed by atoms with van der Waals surface area (Å²) in [6.07, 6.45) is 5.23. The van der Waals surface area contributed by atoms with Crippen LogP contribution in [-0.2, 0) is 19.4 Å². The first-order chi connectivity index (χ1) is 15.0. The molecule has 0 saturated heterocycles. The molecule has 32 heavy (non-hydrogen) atoms. The van der Waals surface area contributed by atoms with Crippen LogP contribution in [0.4, 0.5) is 5.69 Å². The van der Waals surface area contributed by atoms with Crippen molar-refractivity contribution < 1.29 is 37.8 Å². The van der Waals surface area contributed by atoms with E-state index in [-0.39, 0.29) is 23.2 Å². The van der Waals surface area contributed by atoms with Gasteiger partial charge in [0, 0.05) is 12.7 Å². The van der Waals surface area contributed by atoms with E-state index in [4.69, 9.17) is 9.84 Å². The van der Waals surface area contributed by atoms with E-state index >= 15 is 0 Å². The smallest absolute Gasteiger partial charge is 0.264 e. The van der Waals surface area contributed by atoms with E-state index in [1.54, 1.807) is 13.0 Å². The van der Waals surface area contributed by atoms with Gasteiger partial charge in [-0.1, -0.05) is 18.2 Å². The number of sulfone groups is 1. The number of rotatable bonds is 8. The van der Waals surface area contributed by atoms with Gasteiger partial charge in [0.25, 0.3) is 11.8 Å². The van der Waals surface area contributed by atoms with E-state index in [1.165, 1.54) is 30.4 Å². The standard InChI is InChI=1S/C21H24N2O8S/c1-3-31-13-6-5-9-21(28,10-13)16(12-32(2,29)30)23-19(26)14-7-4-8-15(18(14)20(23)27)22-17(25)11-24/h4-9,16,24,28H,3,10-12H2,1-2H3,(H,22,25)/t16-,21?/m1/s1. The third kappa shape index (κ3) is 4.59. The molecule has 3 N–H and O–H groups in total. The largest absolute Gasteiger partial charge is 0.498 e. The number of carbonyl (C=O) groups excluding carboxylic acids is 3. The average Bonchev–Trinajstić information content (AvgIpc) is 2.97. The summed E-state index contributed by atoms with van der Waals surface area (Å²) in [5.41, 5.74) is -2.08. The highest BCUT2D eigenvalue weighted by atomic mass is 32.2. The van der Waals surface area contributed by atoms with Gasteiger partial charge in [0.05, 0.1) is 41.0 Å². The Labute approximate surface area is 185 Å². The number of hydrogen-bond acceptors (Lipinski definition) is 8. The minimum atomic E-state index is -3.75. The second-order valence-corrected chi connectivity index (χ2v) is 9.80. The number of aliphatic hydroxyl groups excluding tert-OH is 1. The van der Waals surface area contributed by atoms with Crippen LogP contribution in [0.25, 0.3) is 0 Å². The van der Waals surface area contributed by atoms with Crippen molar-refractivity contribution in [1.29, 1.82) is 0 Å². The van der Waals surface area contributed by atoms with Crippen molar-refractivity contribution >= 4 is 33.2 Å². The van der Waals surface area contributed by atoms with E-state index in [1.807, 2.05) is 0 Å². The summed E-state index contributed by atoms with van der Waals surface area (Å²) in [7, 11) is -3.75. The zero-order valence-electron chi connectivity index (χ0n) is 17.6. The van der Waals surface area contributed by atoms with Crippen LogP contribution in [0, 0.1) is 0 Å². The summed E-state index contributed by atoms with van der Waals surface area (Å²) in [5.74, 6) is -2.75. The van der Waals surface area contributed by atoms with Gasteiger partial charge in [0.15, 0.2) is 0 Å². The lowest BCUT2D eigenvalue weighted by Crippen LogP contribution is -2.57. The second kappa shape index (κ2) is 8.85. The minimum absolute atomic E-state index is 0.00147. The third-order valence-corrected chi connectivity index (χ3v) is 6.09. The molecule has 3 amide bonds. The number of benzene rings is 1. The van der Waals surface area contributed by atoms with Crippen LogP contribution >= 0.6 is 0 Å². The number of amides is 3. The van der Waals surface area contributed by atoms with Crippen molar-refractivity contribution in [2.75, 3.05) is 30.5 Å². The quantitative estimate of drug-likeness (QED) is 0.463. The molecule has 0 saturated carbocycles. The lowest BCUT2D eigenvalue weighted by Gasteiger charge is -2.39. The van der Waals surface area contributed by atoms with Gasteiger partial charge in [-0.3, -0.25) is 19.3 Å². The Balaban J connectivity index is 2.06. The van der Waals surface area contributed by atoms with Gasteiger partial charge in [-0.15, -0.1) is 0 Å². The Morgan fingerprint density at radius 3 is 2.66 bits per heavy atom. The Morgan fingerprint density at radius 1 is 1.31 bits per heavy atom. The molecule has 1 aromatic rings. The fraction of sp³-hybridized carbons (Fsp3) is 0.381. The van der Waals surface area contributed by atoms with Crippen LogP contribution < -0.4 is 5.32 Å². The van der Waals surface area contributed by atoms with E-state index in [0.717, 1.165) is 11.2 Å². The maximum Gasteiger partial charge on any atom is 0.264 e. The Morgan fingerprint density at radius 2 is 2.03 bits per heavy atom. The zero-order valence-corrected chi connectivity index (χ0v) is 18.4. The van der Waals surface area contributed by atoms with E-state index in [0.29, 0.717) is 12.4 Å². The normalized spacial score (nSPS) is 21.2. The Hall–Kier alpha value is -3.02. The average molecular weight is 464 g/mol. The first-order valence-corrected chi connectivity index (χ1v) is 11.9. The van der Waals surface area contributed by atoms with Gasteiger partial charge in [0.1, 0.15) is 22.0 Å². The van der Waals surface area contributed by atoms with Crippen molar-refractivity contribution in [2.45, 2.75) is 25.0 Å². The molecule has 10 nitrogen and oxygen atoms in total. The van der Waals surface area contributed by atoms with E-state index in [9.17, 15) is 27.9 Å². The molecule has 0 spiro atoms. The zero-order chi connectivity index (χ0) is 23.7. The monoisotopic (exact) mass is 464 g/mol. The molecular formula is C21H24N2O8S. The van der Waals surface area contributed by atoms with E-state index < -0.39 is 51.6 Å². The van der Waals surface area contributed by atoms with Crippen molar-refractivity contribution in [2.24, 2.45) is 0 Å². The molecule has 1 unspecified atom stereocenters. The van der Waals surface area contributed by atoms with Crippen LogP contribution in [0.3, 0.4) is 0 Å². The molecule has 1 heterocycles. The Bertz CT molecular complexity index is 1120. The van der Waals surface area contributed by atoms with Crippen LogP contribution in [0.15, 0.2) is 42.2 Å². The molecule has 0 radical (unpaired) electrons.